The summed E-state index contributed by atoms with van der Waals surface area (Å²) in [5, 5.41) is 1.15. The van der Waals surface area contributed by atoms with Crippen LogP contribution in [0.2, 0.25) is 0 Å². The van der Waals surface area contributed by atoms with Crippen molar-refractivity contribution in [2.24, 2.45) is 7.05 Å². The van der Waals surface area contributed by atoms with Gasteiger partial charge in [-0.3, -0.25) is 14.2 Å². The molecule has 5 nitrogen and oxygen atoms in total. The molecular weight excluding hydrogens is 308 g/mol. The summed E-state index contributed by atoms with van der Waals surface area (Å²) in [5.41, 5.74) is 1.20. The van der Waals surface area contributed by atoms with E-state index >= 15 is 0 Å². The smallest absolute Gasteiger partial charge is 0.319 e. The molecule has 110 valence electrons. The number of ether oxygens (including phenoxy) is 1. The van der Waals surface area contributed by atoms with Crippen LogP contribution in [-0.2, 0) is 29.4 Å². The number of carbonyl (C=O) groups excluding carboxylic acids is 1. The fraction of sp³-hybridized carbons (Fsp3) is 0.500. The first kappa shape index (κ1) is 13.3. The molecule has 2 aromatic rings. The van der Waals surface area contributed by atoms with Gasteiger partial charge in [0.05, 0.1) is 12.0 Å². The zero-order chi connectivity index (χ0) is 14.6. The second-order valence-electron chi connectivity index (χ2n) is 5.36. The van der Waals surface area contributed by atoms with Gasteiger partial charge in [-0.05, 0) is 24.8 Å². The van der Waals surface area contributed by atoms with E-state index < -0.39 is 0 Å². The van der Waals surface area contributed by atoms with Crippen LogP contribution in [-0.4, -0.2) is 27.4 Å². The molecule has 0 N–H and O–H groups in total. The van der Waals surface area contributed by atoms with Gasteiger partial charge in [0.25, 0.3) is 5.56 Å². The van der Waals surface area contributed by atoms with E-state index in [2.05, 4.69) is 4.98 Å². The van der Waals surface area contributed by atoms with Crippen molar-refractivity contribution in [2.45, 2.75) is 36.1 Å². The highest BCUT2D eigenvalue weighted by Gasteiger charge is 2.30. The third-order valence-corrected chi connectivity index (χ3v) is 6.51. The van der Waals surface area contributed by atoms with Gasteiger partial charge in [0.2, 0.25) is 0 Å². The standard InChI is InChI=1S/C14H14N2O3S2/c1-16-12(17)10-7-3-2-4-8(7)20-11(10)15-14(16)21-9-5-6-19-13(9)18/h9H,2-6H2,1H3. The van der Waals surface area contributed by atoms with Gasteiger partial charge in [0, 0.05) is 18.3 Å². The number of carbonyl (C=O) groups is 1. The highest BCUT2D eigenvalue weighted by Crippen LogP contribution is 2.36. The first-order chi connectivity index (χ1) is 10.1. The summed E-state index contributed by atoms with van der Waals surface area (Å²) in [7, 11) is 1.73. The quantitative estimate of drug-likeness (QED) is 0.624. The molecule has 1 aliphatic carbocycles. The first-order valence-corrected chi connectivity index (χ1v) is 8.69. The lowest BCUT2D eigenvalue weighted by Crippen LogP contribution is -2.22. The summed E-state index contributed by atoms with van der Waals surface area (Å²) >= 11 is 2.97. The molecule has 0 amide bonds. The Morgan fingerprint density at radius 2 is 2.24 bits per heavy atom. The lowest BCUT2D eigenvalue weighted by molar-refractivity contribution is -0.137. The van der Waals surface area contributed by atoms with Crippen LogP contribution in [0.25, 0.3) is 10.2 Å². The maximum atomic E-state index is 12.6. The lowest BCUT2D eigenvalue weighted by Gasteiger charge is -2.09. The Kier molecular flexibility index (Phi) is 3.08. The molecule has 0 aromatic carbocycles. The van der Waals surface area contributed by atoms with Gasteiger partial charge >= 0.3 is 5.97 Å². The molecule has 4 rings (SSSR count). The van der Waals surface area contributed by atoms with Crippen molar-refractivity contribution in [1.82, 2.24) is 9.55 Å². The molecular formula is C14H14N2O3S2. The van der Waals surface area contributed by atoms with E-state index in [1.165, 1.54) is 22.2 Å². The fourth-order valence-corrected chi connectivity index (χ4v) is 5.25. The van der Waals surface area contributed by atoms with E-state index in [0.717, 1.165) is 29.5 Å². The minimum Gasteiger partial charge on any atom is -0.465 e. The number of esters is 1. The van der Waals surface area contributed by atoms with E-state index in [0.29, 0.717) is 18.2 Å². The molecule has 1 atom stereocenters. The number of thioether (sulfide) groups is 1. The summed E-state index contributed by atoms with van der Waals surface area (Å²) in [6.07, 6.45) is 3.84. The predicted molar refractivity (Wildman–Crippen MR) is 82.1 cm³/mol. The van der Waals surface area contributed by atoms with E-state index in [4.69, 9.17) is 4.74 Å². The normalized spacial score (nSPS) is 21.0. The molecule has 7 heteroatoms. The van der Waals surface area contributed by atoms with Crippen LogP contribution in [0, 0.1) is 0 Å². The summed E-state index contributed by atoms with van der Waals surface area (Å²) in [4.78, 5) is 31.0. The molecule has 0 saturated carbocycles. The maximum absolute atomic E-state index is 12.6. The summed E-state index contributed by atoms with van der Waals surface area (Å²) in [6, 6.07) is 0. The molecule has 3 heterocycles. The summed E-state index contributed by atoms with van der Waals surface area (Å²) < 4.78 is 6.55. The Morgan fingerprint density at radius 1 is 1.38 bits per heavy atom. The maximum Gasteiger partial charge on any atom is 0.319 e. The Hall–Kier alpha value is -1.34. The number of hydrogen-bond acceptors (Lipinski definition) is 6. The average molecular weight is 322 g/mol. The van der Waals surface area contributed by atoms with Crippen molar-refractivity contribution < 1.29 is 9.53 Å². The second kappa shape index (κ2) is 4.84. The van der Waals surface area contributed by atoms with Crippen molar-refractivity contribution in [1.29, 1.82) is 0 Å². The van der Waals surface area contributed by atoms with Crippen molar-refractivity contribution >= 4 is 39.3 Å². The molecule has 2 aromatic heterocycles. The highest BCUT2D eigenvalue weighted by molar-refractivity contribution is 8.00. The van der Waals surface area contributed by atoms with Gasteiger partial charge in [0.15, 0.2) is 5.16 Å². The fourth-order valence-electron chi connectivity index (χ4n) is 2.92. The van der Waals surface area contributed by atoms with Gasteiger partial charge in [-0.1, -0.05) is 11.8 Å². The van der Waals surface area contributed by atoms with Gasteiger partial charge < -0.3 is 4.74 Å². The van der Waals surface area contributed by atoms with E-state index in [-0.39, 0.29) is 16.8 Å². The summed E-state index contributed by atoms with van der Waals surface area (Å²) in [5.74, 6) is -0.206. The van der Waals surface area contributed by atoms with Gasteiger partial charge in [0.1, 0.15) is 10.1 Å². The van der Waals surface area contributed by atoms with Crippen LogP contribution in [0.4, 0.5) is 0 Å². The van der Waals surface area contributed by atoms with Crippen LogP contribution >= 0.6 is 23.1 Å². The van der Waals surface area contributed by atoms with E-state index in [9.17, 15) is 9.59 Å². The Balaban J connectivity index is 1.82. The van der Waals surface area contributed by atoms with Crippen LogP contribution in [0.1, 0.15) is 23.3 Å². The third kappa shape index (κ3) is 2.02. The topological polar surface area (TPSA) is 61.2 Å². The minimum absolute atomic E-state index is 0.00765. The Morgan fingerprint density at radius 3 is 3.00 bits per heavy atom. The highest BCUT2D eigenvalue weighted by atomic mass is 32.2. The van der Waals surface area contributed by atoms with Gasteiger partial charge in [-0.2, -0.15) is 0 Å². The molecule has 1 fully saturated rings. The van der Waals surface area contributed by atoms with E-state index in [1.54, 1.807) is 23.0 Å². The summed E-state index contributed by atoms with van der Waals surface area (Å²) in [6.45, 7) is 0.458. The van der Waals surface area contributed by atoms with Crippen molar-refractivity contribution in [2.75, 3.05) is 6.61 Å². The number of thiophene rings is 1. The van der Waals surface area contributed by atoms with Crippen LogP contribution in [0.5, 0.6) is 0 Å². The number of cyclic esters (lactones) is 1. The van der Waals surface area contributed by atoms with Crippen molar-refractivity contribution in [3.8, 4) is 0 Å². The molecule has 0 bridgehead atoms. The predicted octanol–water partition coefficient (Wildman–Crippen LogP) is 1.89. The van der Waals surface area contributed by atoms with Crippen molar-refractivity contribution in [3.05, 3.63) is 20.8 Å². The molecule has 1 aliphatic heterocycles. The third-order valence-electron chi connectivity index (χ3n) is 4.04. The minimum atomic E-state index is -0.243. The zero-order valence-corrected chi connectivity index (χ0v) is 13.2. The number of nitrogens with zero attached hydrogens (tertiary/aromatic N) is 2. The molecule has 21 heavy (non-hydrogen) atoms. The number of aromatic nitrogens is 2. The molecule has 0 spiro atoms. The average Bonchev–Trinajstić information content (AvgIpc) is 3.12. The van der Waals surface area contributed by atoms with Crippen LogP contribution < -0.4 is 5.56 Å². The van der Waals surface area contributed by atoms with Gasteiger partial charge in [-0.15, -0.1) is 11.3 Å². The Bertz CT molecular complexity index is 809. The van der Waals surface area contributed by atoms with E-state index in [1.807, 2.05) is 0 Å². The number of rotatable bonds is 2. The first-order valence-electron chi connectivity index (χ1n) is 6.99. The monoisotopic (exact) mass is 322 g/mol. The number of fused-ring (bicyclic) bond motifs is 3. The molecule has 1 unspecified atom stereocenters. The molecule has 2 aliphatic rings. The second-order valence-corrected chi connectivity index (χ2v) is 7.61. The Labute approximate surface area is 129 Å². The molecule has 1 saturated heterocycles. The number of hydrogen-bond donors (Lipinski definition) is 0. The van der Waals surface area contributed by atoms with Crippen LogP contribution in [0.3, 0.4) is 0 Å². The van der Waals surface area contributed by atoms with Gasteiger partial charge in [-0.25, -0.2) is 4.98 Å². The molecule has 0 radical (unpaired) electrons. The van der Waals surface area contributed by atoms with Crippen molar-refractivity contribution in [3.63, 3.8) is 0 Å². The lowest BCUT2D eigenvalue weighted by atomic mass is 10.2. The SMILES string of the molecule is Cn1c(SC2CCOC2=O)nc2sc3c(c2c1=O)CCC3. The number of aryl methyl sites for hydroxylation is 2. The zero-order valence-electron chi connectivity index (χ0n) is 11.5. The van der Waals surface area contributed by atoms with Crippen LogP contribution in [0.15, 0.2) is 9.95 Å². The largest absolute Gasteiger partial charge is 0.465 e.